The van der Waals surface area contributed by atoms with Gasteiger partial charge in [0.15, 0.2) is 0 Å². The van der Waals surface area contributed by atoms with Gasteiger partial charge in [-0.15, -0.1) is 11.8 Å². The molecule has 3 fully saturated rings. The number of rotatable bonds is 6. The number of allylic oxidation sites excluding steroid dienone is 1. The molecule has 0 saturated heterocycles. The van der Waals surface area contributed by atoms with E-state index in [-0.39, 0.29) is 16.8 Å². The van der Waals surface area contributed by atoms with Crippen LogP contribution in [-0.2, 0) is 0 Å². The van der Waals surface area contributed by atoms with Crippen molar-refractivity contribution in [3.8, 4) is 11.8 Å². The van der Waals surface area contributed by atoms with Gasteiger partial charge in [-0.05, 0) is 100 Å². The third-order valence-electron chi connectivity index (χ3n) is 9.14. The van der Waals surface area contributed by atoms with Crippen molar-refractivity contribution in [1.29, 1.82) is 0 Å². The highest BCUT2D eigenvalue weighted by molar-refractivity contribution is 7.82. The first kappa shape index (κ1) is 22.6. The minimum absolute atomic E-state index is 0.0542. The lowest BCUT2D eigenvalue weighted by Crippen LogP contribution is -2.60. The van der Waals surface area contributed by atoms with Crippen LogP contribution in [0.5, 0.6) is 0 Å². The van der Waals surface area contributed by atoms with Crippen LogP contribution in [-0.4, -0.2) is 22.2 Å². The fraction of sp³-hybridized carbons (Fsp3) is 0.840. The Kier molecular flexibility index (Phi) is 6.96. The van der Waals surface area contributed by atoms with E-state index in [1.54, 1.807) is 0 Å². The van der Waals surface area contributed by atoms with Crippen LogP contribution in [0.25, 0.3) is 0 Å². The fourth-order valence-corrected chi connectivity index (χ4v) is 9.14. The highest BCUT2D eigenvalue weighted by Gasteiger charge is 2.63. The molecule has 0 aromatic rings. The van der Waals surface area contributed by atoms with Gasteiger partial charge >= 0.3 is 0 Å². The van der Waals surface area contributed by atoms with Crippen molar-refractivity contribution in [3.63, 3.8) is 0 Å². The van der Waals surface area contributed by atoms with Crippen LogP contribution in [0.1, 0.15) is 78.6 Å². The number of fused-ring (bicyclic) bond motifs is 3. The van der Waals surface area contributed by atoms with Crippen molar-refractivity contribution in [3.05, 3.63) is 12.2 Å². The van der Waals surface area contributed by atoms with Gasteiger partial charge in [0.1, 0.15) is 0 Å². The molecule has 0 amide bonds. The van der Waals surface area contributed by atoms with Crippen LogP contribution in [0, 0.1) is 46.3 Å². The molecule has 1 nitrogen and oxygen atoms in total. The van der Waals surface area contributed by atoms with Crippen LogP contribution in [0.15, 0.2) is 12.2 Å². The summed E-state index contributed by atoms with van der Waals surface area (Å²) in [6, 6.07) is 0. The molecule has 1 N–H and O–H groups in total. The zero-order valence-corrected chi connectivity index (χ0v) is 19.9. The molecule has 0 bridgehead atoms. The summed E-state index contributed by atoms with van der Waals surface area (Å²) in [4.78, 5) is 0. The van der Waals surface area contributed by atoms with Gasteiger partial charge in [-0.2, -0.15) is 25.3 Å². The van der Waals surface area contributed by atoms with Crippen molar-refractivity contribution in [1.82, 2.24) is 0 Å². The molecule has 0 heterocycles. The molecular formula is C25H40OS2. The van der Waals surface area contributed by atoms with Gasteiger partial charge in [0.2, 0.25) is 0 Å². The van der Waals surface area contributed by atoms with Crippen molar-refractivity contribution < 1.29 is 5.11 Å². The molecule has 0 spiro atoms. The Labute approximate surface area is 184 Å². The van der Waals surface area contributed by atoms with Gasteiger partial charge in [-0.1, -0.05) is 19.1 Å². The predicted octanol–water partition coefficient (Wildman–Crippen LogP) is 6.19. The predicted molar refractivity (Wildman–Crippen MR) is 127 cm³/mol. The zero-order valence-electron chi connectivity index (χ0n) is 18.1. The maximum Gasteiger partial charge on any atom is 0.0431 e. The summed E-state index contributed by atoms with van der Waals surface area (Å²) in [6.45, 7) is 11.3. The molecule has 3 saturated carbocycles. The topological polar surface area (TPSA) is 20.2 Å². The highest BCUT2D eigenvalue weighted by Crippen LogP contribution is 2.68. The largest absolute Gasteiger partial charge is 0.396 e. The maximum atomic E-state index is 9.62. The van der Waals surface area contributed by atoms with Crippen LogP contribution in [0.3, 0.4) is 0 Å². The van der Waals surface area contributed by atoms with Crippen molar-refractivity contribution in [2.24, 2.45) is 34.5 Å². The minimum Gasteiger partial charge on any atom is -0.396 e. The van der Waals surface area contributed by atoms with Gasteiger partial charge in [0.05, 0.1) is 0 Å². The van der Waals surface area contributed by atoms with Crippen molar-refractivity contribution >= 4 is 25.3 Å². The Balaban J connectivity index is 1.97. The zero-order chi connectivity index (χ0) is 20.6. The molecule has 3 rings (SSSR count). The highest BCUT2D eigenvalue weighted by atomic mass is 32.1. The molecule has 7 unspecified atom stereocenters. The number of hydrogen-bond donors (Lipinski definition) is 3. The number of aliphatic hydroxyl groups is 1. The Morgan fingerprint density at radius 3 is 2.54 bits per heavy atom. The van der Waals surface area contributed by atoms with Gasteiger partial charge in [0.25, 0.3) is 0 Å². The molecule has 158 valence electrons. The molecule has 3 aliphatic rings. The summed E-state index contributed by atoms with van der Waals surface area (Å²) in [7, 11) is 0. The van der Waals surface area contributed by atoms with E-state index in [4.69, 9.17) is 25.3 Å². The minimum atomic E-state index is -0.0765. The summed E-state index contributed by atoms with van der Waals surface area (Å²) in [5.41, 5.74) is 1.86. The Hall–Kier alpha value is -0.0400. The van der Waals surface area contributed by atoms with Crippen molar-refractivity contribution in [2.75, 3.05) is 12.4 Å². The summed E-state index contributed by atoms with van der Waals surface area (Å²) in [6.07, 6.45) is 10.4. The Morgan fingerprint density at radius 2 is 1.93 bits per heavy atom. The van der Waals surface area contributed by atoms with Crippen LogP contribution < -0.4 is 0 Å². The van der Waals surface area contributed by atoms with E-state index in [1.807, 2.05) is 6.92 Å². The maximum absolute atomic E-state index is 9.62. The number of hydrogen-bond acceptors (Lipinski definition) is 3. The Morgan fingerprint density at radius 1 is 1.18 bits per heavy atom. The molecule has 7 atom stereocenters. The second-order valence-electron chi connectivity index (χ2n) is 10.2. The van der Waals surface area contributed by atoms with E-state index >= 15 is 0 Å². The first-order valence-corrected chi connectivity index (χ1v) is 12.4. The average Bonchev–Trinajstić information content (AvgIpc) is 3.03. The normalized spacial score (nSPS) is 44.9. The first-order chi connectivity index (χ1) is 13.3. The van der Waals surface area contributed by atoms with Gasteiger partial charge in [0, 0.05) is 23.2 Å². The molecular weight excluding hydrogens is 380 g/mol. The van der Waals surface area contributed by atoms with Gasteiger partial charge in [-0.3, -0.25) is 0 Å². The van der Waals surface area contributed by atoms with E-state index in [2.05, 4.69) is 32.3 Å². The summed E-state index contributed by atoms with van der Waals surface area (Å²) in [5, 5.41) is 9.62. The quantitative estimate of drug-likeness (QED) is 0.266. The van der Waals surface area contributed by atoms with Crippen LogP contribution in [0.4, 0.5) is 0 Å². The number of aliphatic hydroxyl groups excluding tert-OH is 1. The lowest BCUT2D eigenvalue weighted by molar-refractivity contribution is -0.0607. The number of thiol groups is 2. The third-order valence-corrected chi connectivity index (χ3v) is 10.8. The standard InChI is InChI=1S/C25H40OS2/c1-5-6-12-24(17-27)15-10-19-21-9-8-20(18(2)3)23(21,4)14-11-22(19)25(24,28)13-7-16-26/h19-22,26-28H,2,7-17H2,1,3-4H3. The summed E-state index contributed by atoms with van der Waals surface area (Å²) in [5.74, 6) is 10.2. The first-order valence-electron chi connectivity index (χ1n) is 11.3. The van der Waals surface area contributed by atoms with Gasteiger partial charge in [-0.25, -0.2) is 0 Å². The second-order valence-corrected chi connectivity index (χ2v) is 11.3. The molecule has 0 radical (unpaired) electrons. The van der Waals surface area contributed by atoms with E-state index in [9.17, 15) is 5.11 Å². The lowest BCUT2D eigenvalue weighted by atomic mass is 9.46. The van der Waals surface area contributed by atoms with Crippen molar-refractivity contribution in [2.45, 2.75) is 83.3 Å². The van der Waals surface area contributed by atoms with Crippen LogP contribution in [0.2, 0.25) is 0 Å². The summed E-state index contributed by atoms with van der Waals surface area (Å²) >= 11 is 10.4. The molecule has 0 aromatic heterocycles. The molecule has 3 aliphatic carbocycles. The van der Waals surface area contributed by atoms with Gasteiger partial charge < -0.3 is 5.11 Å². The molecule has 0 aliphatic heterocycles. The molecule has 28 heavy (non-hydrogen) atoms. The summed E-state index contributed by atoms with van der Waals surface area (Å²) < 4.78 is -0.0765. The fourth-order valence-electron chi connectivity index (χ4n) is 7.72. The third kappa shape index (κ3) is 3.40. The smallest absolute Gasteiger partial charge is 0.0431 e. The average molecular weight is 421 g/mol. The lowest BCUT2D eigenvalue weighted by Gasteiger charge is -2.63. The van der Waals surface area contributed by atoms with E-state index in [1.165, 1.54) is 44.1 Å². The second kappa shape index (κ2) is 8.60. The molecule has 3 heteroatoms. The van der Waals surface area contributed by atoms with E-state index in [0.717, 1.165) is 36.9 Å². The van der Waals surface area contributed by atoms with Crippen LogP contribution >= 0.6 is 25.3 Å². The Bertz CT molecular complexity index is 649. The van der Waals surface area contributed by atoms with E-state index < -0.39 is 0 Å². The van der Waals surface area contributed by atoms with E-state index in [0.29, 0.717) is 17.3 Å². The monoisotopic (exact) mass is 420 g/mol. The SMILES string of the molecule is C=C(C)C1CCC2C3CCC(CS)(CC#CC)C(S)(CCCO)C3CCC12C. The molecule has 0 aromatic carbocycles.